The summed E-state index contributed by atoms with van der Waals surface area (Å²) in [7, 11) is 1.92. The maximum atomic E-state index is 14.2. The van der Waals surface area contributed by atoms with E-state index < -0.39 is 0 Å². The Bertz CT molecular complexity index is 1290. The van der Waals surface area contributed by atoms with E-state index in [4.69, 9.17) is 11.6 Å². The average molecular weight is 627 g/mol. The van der Waals surface area contributed by atoms with Crippen LogP contribution in [0.15, 0.2) is 16.9 Å². The van der Waals surface area contributed by atoms with E-state index in [9.17, 15) is 9.59 Å². The fourth-order valence-electron chi connectivity index (χ4n) is 8.56. The topological polar surface area (TPSA) is 61.3 Å². The number of Topliss-reactive ketones (excluding diaryl/α,β-unsaturated/α-hetero) is 1. The molecule has 246 valence electrons. The Morgan fingerprint density at radius 2 is 1.70 bits per heavy atom. The number of aromatic nitrogens is 2. The number of ketones is 1. The van der Waals surface area contributed by atoms with E-state index in [0.717, 1.165) is 84.8 Å². The normalized spacial score (nSPS) is 21.2. The van der Waals surface area contributed by atoms with Gasteiger partial charge in [-0.15, -0.1) is 0 Å². The number of rotatable bonds is 14. The van der Waals surface area contributed by atoms with Crippen LogP contribution < -0.4 is 15.4 Å². The zero-order chi connectivity index (χ0) is 32.0. The van der Waals surface area contributed by atoms with Crippen molar-refractivity contribution in [1.29, 1.82) is 0 Å². The highest BCUT2D eigenvalue weighted by atomic mass is 35.5. The van der Waals surface area contributed by atoms with Gasteiger partial charge in [-0.05, 0) is 114 Å². The van der Waals surface area contributed by atoms with Gasteiger partial charge in [-0.3, -0.25) is 19.4 Å². The van der Waals surface area contributed by atoms with Crippen LogP contribution in [0.5, 0.6) is 0 Å². The molecule has 44 heavy (non-hydrogen) atoms. The molecule has 4 rings (SSSR count). The lowest BCUT2D eigenvalue weighted by molar-refractivity contribution is 0.0909. The molecule has 1 saturated heterocycles. The first-order valence-electron chi connectivity index (χ1n) is 17.8. The summed E-state index contributed by atoms with van der Waals surface area (Å²) in [5.74, 6) is 3.42. The Balaban J connectivity index is 1.51. The van der Waals surface area contributed by atoms with Gasteiger partial charge in [0.2, 0.25) is 0 Å². The summed E-state index contributed by atoms with van der Waals surface area (Å²) in [4.78, 5) is 32.0. The van der Waals surface area contributed by atoms with Gasteiger partial charge in [0.25, 0.3) is 5.56 Å². The lowest BCUT2D eigenvalue weighted by atomic mass is 9.71. The molecule has 2 heterocycles. The van der Waals surface area contributed by atoms with Crippen molar-refractivity contribution in [2.45, 2.75) is 125 Å². The molecule has 1 aliphatic heterocycles. The molecule has 1 N–H and O–H groups in total. The number of carbonyl (C=O) groups excluding carboxylic acids is 1. The van der Waals surface area contributed by atoms with Gasteiger partial charge in [-0.25, -0.2) is 0 Å². The predicted octanol–water partition coefficient (Wildman–Crippen LogP) is 8.96. The zero-order valence-electron chi connectivity index (χ0n) is 28.7. The number of hydrogen-bond acceptors (Lipinski definition) is 4. The third-order valence-corrected chi connectivity index (χ3v) is 11.5. The molecule has 0 radical (unpaired) electrons. The molecule has 2 aliphatic rings. The van der Waals surface area contributed by atoms with Gasteiger partial charge in [-0.2, -0.15) is 0 Å². The van der Waals surface area contributed by atoms with E-state index in [0.29, 0.717) is 23.9 Å². The Labute approximate surface area is 271 Å². The van der Waals surface area contributed by atoms with Crippen LogP contribution in [0.2, 0.25) is 5.02 Å². The van der Waals surface area contributed by atoms with Crippen molar-refractivity contribution < 1.29 is 4.79 Å². The first-order chi connectivity index (χ1) is 21.1. The van der Waals surface area contributed by atoms with Crippen LogP contribution in [0.25, 0.3) is 0 Å². The van der Waals surface area contributed by atoms with Crippen LogP contribution in [0.4, 0.5) is 11.5 Å². The van der Waals surface area contributed by atoms with E-state index in [1.165, 1.54) is 44.9 Å². The van der Waals surface area contributed by atoms with E-state index in [2.05, 4.69) is 62.5 Å². The lowest BCUT2D eigenvalue weighted by Gasteiger charge is -2.42. The molecule has 0 amide bonds. The van der Waals surface area contributed by atoms with E-state index >= 15 is 0 Å². The fraction of sp³-hybridized carbons (Fsp3) is 0.730. The predicted molar refractivity (Wildman–Crippen MR) is 187 cm³/mol. The van der Waals surface area contributed by atoms with Crippen molar-refractivity contribution in [3.05, 3.63) is 44.2 Å². The number of aryl methyl sites for hydroxylation is 1. The molecule has 0 spiro atoms. The van der Waals surface area contributed by atoms with Crippen molar-refractivity contribution in [2.75, 3.05) is 29.4 Å². The van der Waals surface area contributed by atoms with Crippen LogP contribution in [0, 0.1) is 30.6 Å². The zero-order valence-corrected chi connectivity index (χ0v) is 29.4. The second-order valence-electron chi connectivity index (χ2n) is 13.8. The first-order valence-corrected chi connectivity index (χ1v) is 18.2. The molecule has 1 saturated carbocycles. The van der Waals surface area contributed by atoms with Crippen LogP contribution in [0.1, 0.15) is 127 Å². The molecule has 1 aromatic heterocycles. The standard InChI is InChI=1S/C37H59ClN4O2/c1-8-25(5)31(10-3)28-15-18-30(19-16-28)42(11-4)34-24-29(38)23-33(26(34)6)35(43)27(9-2)17-20-32-36(44)39-40(7)37(32)41-21-13-12-14-22-41/h23-25,27-28,30-31H,8-22H2,1-7H3,(H,39,44). The summed E-state index contributed by atoms with van der Waals surface area (Å²) in [6, 6.07) is 4.43. The van der Waals surface area contributed by atoms with E-state index in [1.807, 2.05) is 17.8 Å². The number of hydrogen-bond donors (Lipinski definition) is 1. The number of carbonyl (C=O) groups is 1. The van der Waals surface area contributed by atoms with Crippen LogP contribution in [-0.4, -0.2) is 41.2 Å². The molecule has 1 aliphatic carbocycles. The summed E-state index contributed by atoms with van der Waals surface area (Å²) in [5.41, 5.74) is 3.68. The van der Waals surface area contributed by atoms with Crippen molar-refractivity contribution in [1.82, 2.24) is 9.78 Å². The Morgan fingerprint density at radius 3 is 2.30 bits per heavy atom. The fourth-order valence-corrected chi connectivity index (χ4v) is 8.77. The van der Waals surface area contributed by atoms with Gasteiger partial charge >= 0.3 is 0 Å². The largest absolute Gasteiger partial charge is 0.369 e. The average Bonchev–Trinajstić information content (AvgIpc) is 3.32. The number of piperidine rings is 1. The minimum Gasteiger partial charge on any atom is -0.369 e. The molecule has 1 aromatic carbocycles. The summed E-state index contributed by atoms with van der Waals surface area (Å²) in [6.07, 6.45) is 13.0. The van der Waals surface area contributed by atoms with Gasteiger partial charge < -0.3 is 9.80 Å². The number of halogens is 1. The second-order valence-corrected chi connectivity index (χ2v) is 14.2. The summed E-state index contributed by atoms with van der Waals surface area (Å²) >= 11 is 6.76. The van der Waals surface area contributed by atoms with Crippen molar-refractivity contribution in [2.24, 2.45) is 30.7 Å². The monoisotopic (exact) mass is 626 g/mol. The molecule has 2 fully saturated rings. The molecule has 3 atom stereocenters. The Hall–Kier alpha value is -2.21. The maximum absolute atomic E-state index is 14.2. The van der Waals surface area contributed by atoms with Crippen LogP contribution >= 0.6 is 11.6 Å². The van der Waals surface area contributed by atoms with Crippen LogP contribution in [-0.2, 0) is 13.5 Å². The number of aromatic amines is 1. The Kier molecular flexibility index (Phi) is 12.5. The second kappa shape index (κ2) is 15.9. The Morgan fingerprint density at radius 1 is 1.02 bits per heavy atom. The number of benzene rings is 1. The van der Waals surface area contributed by atoms with Gasteiger partial charge in [0.15, 0.2) is 5.78 Å². The van der Waals surface area contributed by atoms with Gasteiger partial charge in [-0.1, -0.05) is 52.1 Å². The first kappa shape index (κ1) is 34.7. The minimum absolute atomic E-state index is 0.0284. The molecular formula is C37H59ClN4O2. The quantitative estimate of drug-likeness (QED) is 0.213. The number of H-pyrrole nitrogens is 1. The third kappa shape index (κ3) is 7.59. The van der Waals surface area contributed by atoms with Gasteiger partial charge in [0, 0.05) is 54.9 Å². The van der Waals surface area contributed by atoms with Gasteiger partial charge in [0.1, 0.15) is 5.82 Å². The van der Waals surface area contributed by atoms with Crippen molar-refractivity contribution in [3.8, 4) is 0 Å². The molecule has 2 aromatic rings. The third-order valence-electron chi connectivity index (χ3n) is 11.3. The maximum Gasteiger partial charge on any atom is 0.269 e. The number of nitrogens with zero attached hydrogens (tertiary/aromatic N) is 3. The number of nitrogens with one attached hydrogen (secondary N) is 1. The molecule has 6 nitrogen and oxygen atoms in total. The lowest BCUT2D eigenvalue weighted by Crippen LogP contribution is -2.40. The highest BCUT2D eigenvalue weighted by molar-refractivity contribution is 6.31. The summed E-state index contributed by atoms with van der Waals surface area (Å²) in [6.45, 7) is 16.4. The highest BCUT2D eigenvalue weighted by Crippen LogP contribution is 2.40. The van der Waals surface area contributed by atoms with Crippen LogP contribution in [0.3, 0.4) is 0 Å². The minimum atomic E-state index is -0.161. The summed E-state index contributed by atoms with van der Waals surface area (Å²) < 4.78 is 1.87. The molecule has 7 heteroatoms. The SMILES string of the molecule is CCC(CCc1c(N2CCCCC2)n(C)[nH]c1=O)C(=O)c1cc(Cl)cc(N(CC)C2CCC(C(CC)C(C)CC)CC2)c1C. The molecule has 0 bridgehead atoms. The van der Waals surface area contributed by atoms with Crippen molar-refractivity contribution in [3.63, 3.8) is 0 Å². The van der Waals surface area contributed by atoms with Gasteiger partial charge in [0.05, 0.1) is 5.56 Å². The highest BCUT2D eigenvalue weighted by Gasteiger charge is 2.33. The molecular weight excluding hydrogens is 568 g/mol. The smallest absolute Gasteiger partial charge is 0.269 e. The van der Waals surface area contributed by atoms with E-state index in [1.54, 1.807) is 0 Å². The van der Waals surface area contributed by atoms with E-state index in [-0.39, 0.29) is 17.3 Å². The summed E-state index contributed by atoms with van der Waals surface area (Å²) in [5, 5.41) is 3.61. The van der Waals surface area contributed by atoms with Crippen molar-refractivity contribution >= 4 is 28.9 Å². The number of anilines is 2. The molecule has 3 unspecified atom stereocenters.